The number of halogens is 2. The van der Waals surface area contributed by atoms with Gasteiger partial charge in [0.1, 0.15) is 11.2 Å². The molecule has 3 nitrogen and oxygen atoms in total. The quantitative estimate of drug-likeness (QED) is 0.805. The van der Waals surface area contributed by atoms with Gasteiger partial charge >= 0.3 is 6.03 Å². The van der Waals surface area contributed by atoms with E-state index in [9.17, 15) is 9.18 Å². The van der Waals surface area contributed by atoms with Crippen molar-refractivity contribution < 1.29 is 9.18 Å². The number of hydrogen-bond acceptors (Lipinski definition) is 2. The van der Waals surface area contributed by atoms with Crippen molar-refractivity contribution in [3.8, 4) is 0 Å². The first-order chi connectivity index (χ1) is 10.7. The highest BCUT2D eigenvalue weighted by atomic mass is 79.9. The second-order valence-electron chi connectivity index (χ2n) is 4.85. The third kappa shape index (κ3) is 3.13. The number of carbonyl (C=O) groups is 1. The maximum absolute atomic E-state index is 14.0. The Kier molecular flexibility index (Phi) is 4.69. The molecule has 6 heteroatoms. The first kappa shape index (κ1) is 15.4. The van der Waals surface area contributed by atoms with Crippen LogP contribution < -0.4 is 5.32 Å². The molecule has 2 aromatic carbocycles. The summed E-state index contributed by atoms with van der Waals surface area (Å²) in [5.74, 6) is 0.517. The van der Waals surface area contributed by atoms with E-state index in [2.05, 4.69) is 21.2 Å². The average molecular weight is 381 g/mol. The van der Waals surface area contributed by atoms with E-state index in [4.69, 9.17) is 0 Å². The second-order valence-corrected chi connectivity index (χ2v) is 6.89. The van der Waals surface area contributed by atoms with Crippen molar-refractivity contribution >= 4 is 39.4 Å². The summed E-state index contributed by atoms with van der Waals surface area (Å²) in [5, 5.41) is 2.59. The van der Waals surface area contributed by atoms with E-state index in [1.807, 2.05) is 24.3 Å². The number of amides is 2. The molecule has 0 unspecified atom stereocenters. The monoisotopic (exact) mass is 380 g/mol. The van der Waals surface area contributed by atoms with Crippen LogP contribution in [0.15, 0.2) is 53.0 Å². The van der Waals surface area contributed by atoms with Crippen LogP contribution in [0.1, 0.15) is 10.9 Å². The van der Waals surface area contributed by atoms with E-state index in [0.717, 1.165) is 10.2 Å². The standard InChI is InChI=1S/C16H14BrFN2OS/c17-12-6-2-4-8-14(12)19-16(21)20-9-10-22-15(20)11-5-1-3-7-13(11)18/h1-8,15H,9-10H2,(H,19,21)/t15-/m1/s1. The molecule has 1 atom stereocenters. The molecule has 1 aliphatic rings. The van der Waals surface area contributed by atoms with Crippen molar-refractivity contribution in [2.45, 2.75) is 5.37 Å². The van der Waals surface area contributed by atoms with Crippen LogP contribution in [0.4, 0.5) is 14.9 Å². The van der Waals surface area contributed by atoms with Gasteiger partial charge in [-0.2, -0.15) is 0 Å². The fraction of sp³-hybridized carbons (Fsp3) is 0.188. The molecule has 0 spiro atoms. The van der Waals surface area contributed by atoms with E-state index in [1.54, 1.807) is 34.9 Å². The molecule has 1 saturated heterocycles. The molecule has 1 fully saturated rings. The summed E-state index contributed by atoms with van der Waals surface area (Å²) in [6.45, 7) is 0.597. The largest absolute Gasteiger partial charge is 0.323 e. The van der Waals surface area contributed by atoms with E-state index >= 15 is 0 Å². The van der Waals surface area contributed by atoms with Crippen LogP contribution in [0.2, 0.25) is 0 Å². The first-order valence-electron chi connectivity index (χ1n) is 6.85. The van der Waals surface area contributed by atoms with Gasteiger partial charge in [-0.25, -0.2) is 9.18 Å². The topological polar surface area (TPSA) is 32.3 Å². The summed E-state index contributed by atoms with van der Waals surface area (Å²) in [6, 6.07) is 13.8. The minimum atomic E-state index is -0.288. The van der Waals surface area contributed by atoms with Gasteiger partial charge in [-0.3, -0.25) is 0 Å². The van der Waals surface area contributed by atoms with Gasteiger partial charge < -0.3 is 10.2 Å². The van der Waals surface area contributed by atoms with Crippen LogP contribution in [0.25, 0.3) is 0 Å². The lowest BCUT2D eigenvalue weighted by Gasteiger charge is -2.25. The number of rotatable bonds is 2. The molecule has 114 valence electrons. The molecule has 1 aliphatic heterocycles. The number of nitrogens with zero attached hydrogens (tertiary/aromatic N) is 1. The lowest BCUT2D eigenvalue weighted by Crippen LogP contribution is -2.34. The molecule has 1 heterocycles. The van der Waals surface area contributed by atoms with Crippen molar-refractivity contribution in [3.05, 3.63) is 64.4 Å². The van der Waals surface area contributed by atoms with Crippen molar-refractivity contribution in [1.82, 2.24) is 4.90 Å². The minimum Gasteiger partial charge on any atom is -0.307 e. The zero-order chi connectivity index (χ0) is 15.5. The maximum atomic E-state index is 14.0. The summed E-state index contributed by atoms with van der Waals surface area (Å²) in [4.78, 5) is 14.2. The molecule has 0 radical (unpaired) electrons. The summed E-state index contributed by atoms with van der Waals surface area (Å²) in [6.07, 6.45) is 0. The number of thioether (sulfide) groups is 1. The molecule has 0 aromatic heterocycles. The molecular formula is C16H14BrFN2OS. The molecule has 2 amide bonds. The smallest absolute Gasteiger partial charge is 0.307 e. The van der Waals surface area contributed by atoms with Crippen LogP contribution in [-0.4, -0.2) is 23.2 Å². The zero-order valence-electron chi connectivity index (χ0n) is 11.6. The Balaban J connectivity index is 1.80. The first-order valence-corrected chi connectivity index (χ1v) is 8.69. The number of anilines is 1. The normalized spacial score (nSPS) is 17.5. The van der Waals surface area contributed by atoms with Crippen LogP contribution in [0, 0.1) is 5.82 Å². The minimum absolute atomic E-state index is 0.217. The van der Waals surface area contributed by atoms with Gasteiger partial charge in [-0.05, 0) is 34.1 Å². The third-order valence-corrected chi connectivity index (χ3v) is 5.37. The van der Waals surface area contributed by atoms with Crippen LogP contribution in [-0.2, 0) is 0 Å². The van der Waals surface area contributed by atoms with E-state index in [1.165, 1.54) is 6.07 Å². The van der Waals surface area contributed by atoms with Gasteiger partial charge in [0.15, 0.2) is 0 Å². The molecule has 2 aromatic rings. The number of para-hydroxylation sites is 1. The SMILES string of the molecule is O=C(Nc1ccccc1Br)N1CCS[C@@H]1c1ccccc1F. The Morgan fingerprint density at radius 1 is 1.23 bits per heavy atom. The molecule has 22 heavy (non-hydrogen) atoms. The van der Waals surface area contributed by atoms with Crippen LogP contribution in [0.3, 0.4) is 0 Å². The van der Waals surface area contributed by atoms with Crippen molar-refractivity contribution in [3.63, 3.8) is 0 Å². The Morgan fingerprint density at radius 3 is 2.73 bits per heavy atom. The maximum Gasteiger partial charge on any atom is 0.323 e. The lowest BCUT2D eigenvalue weighted by molar-refractivity contribution is 0.213. The molecule has 0 aliphatic carbocycles. The average Bonchev–Trinajstić information content (AvgIpc) is 2.99. The molecule has 3 rings (SSSR count). The van der Waals surface area contributed by atoms with Crippen molar-refractivity contribution in [1.29, 1.82) is 0 Å². The van der Waals surface area contributed by atoms with Crippen molar-refractivity contribution in [2.75, 3.05) is 17.6 Å². The summed E-state index contributed by atoms with van der Waals surface area (Å²) >= 11 is 4.98. The molecule has 1 N–H and O–H groups in total. The third-order valence-electron chi connectivity index (χ3n) is 3.44. The number of benzene rings is 2. The van der Waals surface area contributed by atoms with Gasteiger partial charge in [-0.15, -0.1) is 11.8 Å². The van der Waals surface area contributed by atoms with Gasteiger partial charge in [-0.1, -0.05) is 30.3 Å². The van der Waals surface area contributed by atoms with Gasteiger partial charge in [0.05, 0.1) is 5.69 Å². The second kappa shape index (κ2) is 6.71. The summed E-state index contributed by atoms with van der Waals surface area (Å²) < 4.78 is 14.8. The predicted molar refractivity (Wildman–Crippen MR) is 91.5 cm³/mol. The van der Waals surface area contributed by atoms with E-state index in [-0.39, 0.29) is 17.2 Å². The van der Waals surface area contributed by atoms with Gasteiger partial charge in [0.2, 0.25) is 0 Å². The van der Waals surface area contributed by atoms with Gasteiger partial charge in [0, 0.05) is 22.3 Å². The highest BCUT2D eigenvalue weighted by Gasteiger charge is 2.32. The zero-order valence-corrected chi connectivity index (χ0v) is 14.0. The van der Waals surface area contributed by atoms with Gasteiger partial charge in [0.25, 0.3) is 0 Å². The van der Waals surface area contributed by atoms with E-state index in [0.29, 0.717) is 17.8 Å². The fourth-order valence-electron chi connectivity index (χ4n) is 2.36. The highest BCUT2D eigenvalue weighted by Crippen LogP contribution is 2.39. The predicted octanol–water partition coefficient (Wildman–Crippen LogP) is 4.87. The Labute approximate surface area is 141 Å². The lowest BCUT2D eigenvalue weighted by atomic mass is 10.2. The summed E-state index contributed by atoms with van der Waals surface area (Å²) in [7, 11) is 0. The van der Waals surface area contributed by atoms with Crippen molar-refractivity contribution in [2.24, 2.45) is 0 Å². The molecule has 0 saturated carbocycles. The number of hydrogen-bond donors (Lipinski definition) is 1. The van der Waals surface area contributed by atoms with Crippen LogP contribution in [0.5, 0.6) is 0 Å². The Bertz CT molecular complexity index is 697. The van der Waals surface area contributed by atoms with Crippen LogP contribution >= 0.6 is 27.7 Å². The fourth-order valence-corrected chi connectivity index (χ4v) is 4.02. The Hall–Kier alpha value is -1.53. The number of carbonyl (C=O) groups excluding carboxylic acids is 1. The summed E-state index contributed by atoms with van der Waals surface area (Å²) in [5.41, 5.74) is 1.25. The highest BCUT2D eigenvalue weighted by molar-refractivity contribution is 9.10. The number of urea groups is 1. The number of nitrogens with one attached hydrogen (secondary N) is 1. The Morgan fingerprint density at radius 2 is 1.95 bits per heavy atom. The molecular weight excluding hydrogens is 367 g/mol. The molecule has 0 bridgehead atoms. The van der Waals surface area contributed by atoms with E-state index < -0.39 is 0 Å².